The van der Waals surface area contributed by atoms with Gasteiger partial charge in [0, 0.05) is 25.7 Å². The normalized spacial score (nSPS) is 14.4. The van der Waals surface area contributed by atoms with Gasteiger partial charge in [-0.15, -0.1) is 0 Å². The van der Waals surface area contributed by atoms with E-state index in [1.54, 1.807) is 0 Å². The highest BCUT2D eigenvalue weighted by atomic mass is 31.2. The number of unbranched alkanes of at least 4 members (excludes halogenated alkanes) is 33. The molecular weight excluding hydrogens is 1350 g/mol. The highest BCUT2D eigenvalue weighted by Crippen LogP contribution is 2.45. The molecule has 0 aromatic rings. The number of hydrogen-bond donors (Lipinski definition) is 3. The molecule has 0 heterocycles. The van der Waals surface area contributed by atoms with Crippen molar-refractivity contribution in [3.63, 3.8) is 0 Å². The van der Waals surface area contributed by atoms with E-state index in [4.69, 9.17) is 37.0 Å². The van der Waals surface area contributed by atoms with Crippen molar-refractivity contribution < 1.29 is 80.2 Å². The minimum absolute atomic E-state index is 0.0716. The Hall–Kier alpha value is -4.28. The highest BCUT2D eigenvalue weighted by Gasteiger charge is 2.30. The number of esters is 4. The third-order valence-electron chi connectivity index (χ3n) is 17.2. The lowest BCUT2D eigenvalue weighted by molar-refractivity contribution is -0.161. The molecular formula is C85H148O17P2. The first-order valence-corrected chi connectivity index (χ1v) is 44.1. The summed E-state index contributed by atoms with van der Waals surface area (Å²) in [4.78, 5) is 73.1. The lowest BCUT2D eigenvalue weighted by atomic mass is 10.0. The van der Waals surface area contributed by atoms with Crippen LogP contribution in [0.4, 0.5) is 0 Å². The zero-order valence-corrected chi connectivity index (χ0v) is 67.5. The molecule has 0 aliphatic rings. The molecule has 0 radical (unpaired) electrons. The molecule has 0 aliphatic carbocycles. The minimum Gasteiger partial charge on any atom is -0.462 e. The van der Waals surface area contributed by atoms with Crippen LogP contribution in [0.15, 0.2) is 109 Å². The van der Waals surface area contributed by atoms with Gasteiger partial charge < -0.3 is 33.8 Å². The molecule has 5 atom stereocenters. The van der Waals surface area contributed by atoms with Gasteiger partial charge in [-0.25, -0.2) is 9.13 Å². The van der Waals surface area contributed by atoms with Gasteiger partial charge in [-0.3, -0.25) is 37.3 Å². The molecule has 0 spiro atoms. The molecule has 0 saturated carbocycles. The van der Waals surface area contributed by atoms with Crippen molar-refractivity contribution in [3.8, 4) is 0 Å². The number of carbonyl (C=O) groups excluding carboxylic acids is 4. The molecule has 17 nitrogen and oxygen atoms in total. The number of ether oxygens (including phenoxy) is 4. The van der Waals surface area contributed by atoms with Crippen LogP contribution in [0.25, 0.3) is 0 Å². The summed E-state index contributed by atoms with van der Waals surface area (Å²) in [6.07, 6.45) is 83.4. The van der Waals surface area contributed by atoms with Crippen LogP contribution < -0.4 is 0 Å². The molecule has 5 unspecified atom stereocenters. The quantitative estimate of drug-likeness (QED) is 0.0169. The van der Waals surface area contributed by atoms with E-state index < -0.39 is 97.5 Å². The maximum absolute atomic E-state index is 13.1. The van der Waals surface area contributed by atoms with Crippen LogP contribution in [0.5, 0.6) is 0 Å². The number of carbonyl (C=O) groups is 4. The molecule has 104 heavy (non-hydrogen) atoms. The number of phosphoric acid groups is 2. The Morgan fingerprint density at radius 2 is 0.500 bits per heavy atom. The minimum atomic E-state index is -4.99. The fourth-order valence-electron chi connectivity index (χ4n) is 11.0. The monoisotopic (exact) mass is 1500 g/mol. The molecule has 3 N–H and O–H groups in total. The number of phosphoric ester groups is 2. The average Bonchev–Trinajstić information content (AvgIpc) is 0.912. The van der Waals surface area contributed by atoms with Crippen LogP contribution in [-0.2, 0) is 65.4 Å². The van der Waals surface area contributed by atoms with E-state index in [1.807, 2.05) is 0 Å². The van der Waals surface area contributed by atoms with E-state index in [-0.39, 0.29) is 25.7 Å². The van der Waals surface area contributed by atoms with Crippen LogP contribution in [0.2, 0.25) is 0 Å². The average molecular weight is 1500 g/mol. The van der Waals surface area contributed by atoms with Gasteiger partial charge in [-0.1, -0.05) is 304 Å². The van der Waals surface area contributed by atoms with Crippen LogP contribution in [0, 0.1) is 0 Å². The number of allylic oxidation sites excluding steroid dienone is 18. The van der Waals surface area contributed by atoms with Gasteiger partial charge in [-0.2, -0.15) is 0 Å². The molecule has 600 valence electrons. The van der Waals surface area contributed by atoms with Gasteiger partial charge in [0.05, 0.1) is 26.4 Å². The third-order valence-corrected chi connectivity index (χ3v) is 19.1. The van der Waals surface area contributed by atoms with Crippen molar-refractivity contribution in [2.75, 3.05) is 39.6 Å². The van der Waals surface area contributed by atoms with Gasteiger partial charge in [-0.05, 0) is 128 Å². The van der Waals surface area contributed by atoms with E-state index >= 15 is 0 Å². The largest absolute Gasteiger partial charge is 0.472 e. The lowest BCUT2D eigenvalue weighted by Crippen LogP contribution is -2.30. The maximum Gasteiger partial charge on any atom is 0.472 e. The summed E-state index contributed by atoms with van der Waals surface area (Å²) in [5.74, 6) is -2.21. The summed E-state index contributed by atoms with van der Waals surface area (Å²) >= 11 is 0. The third kappa shape index (κ3) is 75.9. The Morgan fingerprint density at radius 3 is 0.788 bits per heavy atom. The Labute approximate surface area is 632 Å². The molecule has 0 rings (SSSR count). The molecule has 0 amide bonds. The van der Waals surface area contributed by atoms with Crippen molar-refractivity contribution in [1.29, 1.82) is 0 Å². The number of hydrogen-bond acceptors (Lipinski definition) is 15. The molecule has 0 aliphatic heterocycles. The van der Waals surface area contributed by atoms with Crippen molar-refractivity contribution >= 4 is 39.5 Å². The molecule has 19 heteroatoms. The highest BCUT2D eigenvalue weighted by molar-refractivity contribution is 7.47. The van der Waals surface area contributed by atoms with Crippen molar-refractivity contribution in [1.82, 2.24) is 0 Å². The summed E-state index contributed by atoms with van der Waals surface area (Å²) in [7, 11) is -9.97. The predicted octanol–water partition coefficient (Wildman–Crippen LogP) is 24.1. The second kappa shape index (κ2) is 76.9. The first-order chi connectivity index (χ1) is 50.7. The summed E-state index contributed by atoms with van der Waals surface area (Å²) < 4.78 is 68.7. The predicted molar refractivity (Wildman–Crippen MR) is 427 cm³/mol. The van der Waals surface area contributed by atoms with Gasteiger partial charge in [0.15, 0.2) is 12.2 Å². The van der Waals surface area contributed by atoms with Crippen LogP contribution in [0.1, 0.15) is 349 Å². The summed E-state index contributed by atoms with van der Waals surface area (Å²) in [6.45, 7) is 4.62. The summed E-state index contributed by atoms with van der Waals surface area (Å²) in [6, 6.07) is 0. The summed E-state index contributed by atoms with van der Waals surface area (Å²) in [5.41, 5.74) is 0. The van der Waals surface area contributed by atoms with Crippen LogP contribution >= 0.6 is 15.6 Å². The van der Waals surface area contributed by atoms with Crippen LogP contribution in [0.3, 0.4) is 0 Å². The number of aliphatic hydroxyl groups excluding tert-OH is 1. The van der Waals surface area contributed by atoms with Gasteiger partial charge >= 0.3 is 39.5 Å². The van der Waals surface area contributed by atoms with E-state index in [2.05, 4.69) is 137 Å². The Bertz CT molecular complexity index is 2390. The number of rotatable bonds is 77. The first-order valence-electron chi connectivity index (χ1n) is 41.1. The zero-order valence-electron chi connectivity index (χ0n) is 65.7. The van der Waals surface area contributed by atoms with Gasteiger partial charge in [0.1, 0.15) is 19.3 Å². The van der Waals surface area contributed by atoms with E-state index in [0.29, 0.717) is 25.7 Å². The van der Waals surface area contributed by atoms with Crippen molar-refractivity contribution in [2.45, 2.75) is 367 Å². The van der Waals surface area contributed by atoms with E-state index in [1.165, 1.54) is 83.5 Å². The zero-order chi connectivity index (χ0) is 76.0. The number of aliphatic hydroxyl groups is 1. The molecule has 0 aromatic carbocycles. The van der Waals surface area contributed by atoms with Crippen LogP contribution in [-0.4, -0.2) is 96.7 Å². The fraction of sp³-hybridized carbons (Fsp3) is 0.741. The topological polar surface area (TPSA) is 237 Å². The van der Waals surface area contributed by atoms with Crippen molar-refractivity contribution in [2.24, 2.45) is 0 Å². The van der Waals surface area contributed by atoms with Crippen molar-refractivity contribution in [3.05, 3.63) is 109 Å². The standard InChI is InChI=1S/C85H148O17P2/c1-5-9-13-17-21-25-29-33-37-38-39-40-44-46-50-54-58-62-66-70-83(88)96-76-81(102-85(90)72-68-64-60-56-52-48-43-36-32-28-24-20-16-12-8-4)78-100-104(93,94)98-74-79(86)73-97-103(91,92)99-77-80(101-84(89)71-67-63-59-55-51-47-42-35-31-27-23-19-15-11-7-3)75-95-82(87)69-65-61-57-53-49-45-41-34-30-26-22-18-14-10-6-2/h10,12,14,16,21-22,24-26,28,33-34,36-37,39-41,43,79-81,86H,5-9,11,13,15,17-20,23,27,29-32,35,38,42,44-78H2,1-4H3,(H,91,92)(H,93,94)/b14-10-,16-12-,25-21-,26-22-,28-24-,37-33-,40-39-,41-34-,43-36-. The SMILES string of the molecule is CC/C=C\C/C=C\C/C=C\CCCCCCCC(=O)OCC(COP(=O)(O)OCC(O)COP(=O)(O)OCC(COC(=O)CCCCCCCC/C=C\C/C=C\C/C=C\CCCCC)OC(=O)CCCCCCC/C=C\C/C=C\C/C=C\CC)OC(=O)CCCCCCCCCCCCCCCCC. The lowest BCUT2D eigenvalue weighted by Gasteiger charge is -2.21. The van der Waals surface area contributed by atoms with Gasteiger partial charge in [0.2, 0.25) is 0 Å². The second-order valence-corrected chi connectivity index (χ2v) is 30.2. The smallest absolute Gasteiger partial charge is 0.462 e. The molecule has 0 fully saturated rings. The fourth-order valence-corrected chi connectivity index (χ4v) is 12.6. The molecule has 0 aromatic heterocycles. The maximum atomic E-state index is 13.1. The van der Waals surface area contributed by atoms with E-state index in [0.717, 1.165) is 186 Å². The molecule has 0 bridgehead atoms. The Morgan fingerprint density at radius 1 is 0.279 bits per heavy atom. The van der Waals surface area contributed by atoms with E-state index in [9.17, 15) is 43.2 Å². The molecule has 0 saturated heterocycles. The summed E-state index contributed by atoms with van der Waals surface area (Å²) in [5, 5.41) is 10.7. The second-order valence-electron chi connectivity index (χ2n) is 27.3. The Balaban J connectivity index is 5.37. The first kappa shape index (κ1) is 99.7. The van der Waals surface area contributed by atoms with Gasteiger partial charge in [0.25, 0.3) is 0 Å². The Kier molecular flexibility index (Phi) is 73.7.